The van der Waals surface area contributed by atoms with Gasteiger partial charge in [-0.15, -0.1) is 0 Å². The Labute approximate surface area is 134 Å². The van der Waals surface area contributed by atoms with Crippen LogP contribution < -0.4 is 0 Å². The number of rotatable bonds is 3. The third kappa shape index (κ3) is 2.54. The molecule has 0 amide bonds. The molecule has 1 aromatic carbocycles. The van der Waals surface area contributed by atoms with Crippen LogP contribution in [0.1, 0.15) is 35.1 Å². The molecule has 23 heavy (non-hydrogen) atoms. The Kier molecular flexibility index (Phi) is 3.76. The number of aromatic nitrogens is 1. The summed E-state index contributed by atoms with van der Waals surface area (Å²) in [5.74, 6) is -1.32. The maximum Gasteiger partial charge on any atom is 0.318 e. The normalized spacial score (nSPS) is 20.4. The van der Waals surface area contributed by atoms with Crippen molar-refractivity contribution in [3.05, 3.63) is 70.8 Å². The number of benzene rings is 1. The average molecular weight is 311 g/mol. The SMILES string of the molecule is Cc1cncc(C2=C[C@](C(=O)O)(c3cccc(F)c3C)CC2)c1. The Balaban J connectivity index is 2.14. The molecule has 0 fully saturated rings. The van der Waals surface area contributed by atoms with Gasteiger partial charge in [0.2, 0.25) is 0 Å². The number of hydrogen-bond donors (Lipinski definition) is 1. The maximum atomic E-state index is 13.9. The van der Waals surface area contributed by atoms with E-state index in [1.807, 2.05) is 13.0 Å². The number of halogens is 1. The number of carboxylic acid groups (broad SMARTS) is 1. The Bertz CT molecular complexity index is 813. The molecule has 1 aliphatic carbocycles. The van der Waals surface area contributed by atoms with E-state index in [2.05, 4.69) is 4.98 Å². The number of pyridine rings is 1. The molecule has 1 heterocycles. The van der Waals surface area contributed by atoms with Crippen LogP contribution in [0.5, 0.6) is 0 Å². The van der Waals surface area contributed by atoms with E-state index < -0.39 is 11.4 Å². The minimum absolute atomic E-state index is 0.373. The highest BCUT2D eigenvalue weighted by Crippen LogP contribution is 2.44. The molecule has 1 aliphatic rings. The lowest BCUT2D eigenvalue weighted by atomic mass is 9.78. The number of nitrogens with zero attached hydrogens (tertiary/aromatic N) is 1. The van der Waals surface area contributed by atoms with Gasteiger partial charge in [0, 0.05) is 12.4 Å². The summed E-state index contributed by atoms with van der Waals surface area (Å²) in [6.45, 7) is 3.59. The molecule has 0 spiro atoms. The first-order valence-electron chi connectivity index (χ1n) is 7.57. The molecule has 3 rings (SSSR count). The molecule has 0 aliphatic heterocycles. The highest BCUT2D eigenvalue weighted by atomic mass is 19.1. The number of aryl methyl sites for hydroxylation is 1. The molecule has 0 unspecified atom stereocenters. The Morgan fingerprint density at radius 1 is 1.30 bits per heavy atom. The van der Waals surface area contributed by atoms with Gasteiger partial charge in [0.1, 0.15) is 11.2 Å². The van der Waals surface area contributed by atoms with Crippen molar-refractivity contribution in [2.75, 3.05) is 0 Å². The summed E-state index contributed by atoms with van der Waals surface area (Å²) in [4.78, 5) is 16.2. The molecule has 3 nitrogen and oxygen atoms in total. The second kappa shape index (κ2) is 5.61. The Morgan fingerprint density at radius 3 is 2.78 bits per heavy atom. The first-order valence-corrected chi connectivity index (χ1v) is 7.57. The zero-order valence-corrected chi connectivity index (χ0v) is 13.1. The van der Waals surface area contributed by atoms with Crippen LogP contribution in [0.25, 0.3) is 5.57 Å². The first-order chi connectivity index (χ1) is 10.9. The molecule has 0 radical (unpaired) electrons. The summed E-state index contributed by atoms with van der Waals surface area (Å²) in [6.07, 6.45) is 6.34. The van der Waals surface area contributed by atoms with Gasteiger partial charge in [-0.2, -0.15) is 0 Å². The van der Waals surface area contributed by atoms with E-state index in [0.717, 1.165) is 16.7 Å². The van der Waals surface area contributed by atoms with Gasteiger partial charge in [0.05, 0.1) is 0 Å². The topological polar surface area (TPSA) is 50.2 Å². The largest absolute Gasteiger partial charge is 0.480 e. The fraction of sp³-hybridized carbons (Fsp3) is 0.263. The Hall–Kier alpha value is -2.49. The van der Waals surface area contributed by atoms with E-state index in [1.165, 1.54) is 6.07 Å². The van der Waals surface area contributed by atoms with Crippen LogP contribution in [0, 0.1) is 19.7 Å². The molecule has 0 saturated heterocycles. The molecule has 1 N–H and O–H groups in total. The lowest BCUT2D eigenvalue weighted by Crippen LogP contribution is -2.32. The summed E-state index contributed by atoms with van der Waals surface area (Å²) < 4.78 is 13.9. The van der Waals surface area contributed by atoms with Gasteiger partial charge in [-0.05, 0) is 66.6 Å². The molecular formula is C19H18FNO2. The summed E-state index contributed by atoms with van der Waals surface area (Å²) in [5.41, 5.74) is 2.66. The molecule has 1 atom stereocenters. The van der Waals surface area contributed by atoms with Crippen molar-refractivity contribution in [1.82, 2.24) is 4.98 Å². The van der Waals surface area contributed by atoms with Crippen LogP contribution in [0.15, 0.2) is 42.7 Å². The molecular weight excluding hydrogens is 293 g/mol. The van der Waals surface area contributed by atoms with Crippen molar-refractivity contribution in [3.63, 3.8) is 0 Å². The van der Waals surface area contributed by atoms with E-state index >= 15 is 0 Å². The summed E-state index contributed by atoms with van der Waals surface area (Å²) >= 11 is 0. The van der Waals surface area contributed by atoms with E-state index in [0.29, 0.717) is 24.0 Å². The second-order valence-corrected chi connectivity index (χ2v) is 6.11. The van der Waals surface area contributed by atoms with Gasteiger partial charge in [-0.1, -0.05) is 18.2 Å². The van der Waals surface area contributed by atoms with Gasteiger partial charge in [0.25, 0.3) is 0 Å². The number of hydrogen-bond acceptors (Lipinski definition) is 2. The van der Waals surface area contributed by atoms with Crippen LogP contribution in [-0.2, 0) is 10.2 Å². The molecule has 0 bridgehead atoms. The van der Waals surface area contributed by atoms with Gasteiger partial charge in [0.15, 0.2) is 0 Å². The molecule has 0 saturated carbocycles. The zero-order chi connectivity index (χ0) is 16.6. The summed E-state index contributed by atoms with van der Waals surface area (Å²) in [5, 5.41) is 9.87. The highest BCUT2D eigenvalue weighted by Gasteiger charge is 2.43. The van der Waals surface area contributed by atoms with Gasteiger partial charge in [-0.3, -0.25) is 9.78 Å². The van der Waals surface area contributed by atoms with E-state index in [9.17, 15) is 14.3 Å². The van der Waals surface area contributed by atoms with Crippen molar-refractivity contribution < 1.29 is 14.3 Å². The lowest BCUT2D eigenvalue weighted by Gasteiger charge is -2.24. The zero-order valence-electron chi connectivity index (χ0n) is 13.1. The van der Waals surface area contributed by atoms with Crippen LogP contribution in [0.2, 0.25) is 0 Å². The third-order valence-corrected chi connectivity index (χ3v) is 4.59. The Morgan fingerprint density at radius 2 is 2.09 bits per heavy atom. The van der Waals surface area contributed by atoms with Crippen LogP contribution >= 0.6 is 0 Å². The van der Waals surface area contributed by atoms with Crippen molar-refractivity contribution in [1.29, 1.82) is 0 Å². The quantitative estimate of drug-likeness (QED) is 0.931. The summed E-state index contributed by atoms with van der Waals surface area (Å²) in [6, 6.07) is 6.64. The van der Waals surface area contributed by atoms with Crippen LogP contribution in [0.4, 0.5) is 4.39 Å². The van der Waals surface area contributed by atoms with Crippen molar-refractivity contribution >= 4 is 11.5 Å². The van der Waals surface area contributed by atoms with Crippen molar-refractivity contribution in [2.45, 2.75) is 32.1 Å². The van der Waals surface area contributed by atoms with Crippen molar-refractivity contribution in [2.24, 2.45) is 0 Å². The predicted molar refractivity (Wildman–Crippen MR) is 86.6 cm³/mol. The monoisotopic (exact) mass is 311 g/mol. The fourth-order valence-electron chi connectivity index (χ4n) is 3.32. The molecule has 4 heteroatoms. The highest BCUT2D eigenvalue weighted by molar-refractivity contribution is 5.90. The number of aliphatic carboxylic acids is 1. The van der Waals surface area contributed by atoms with Gasteiger partial charge >= 0.3 is 5.97 Å². The van der Waals surface area contributed by atoms with Crippen molar-refractivity contribution in [3.8, 4) is 0 Å². The second-order valence-electron chi connectivity index (χ2n) is 6.11. The number of allylic oxidation sites excluding steroid dienone is 1. The standard InChI is InChI=1S/C19H18FNO2/c1-12-8-15(11-21-10-12)14-6-7-19(9-14,18(22)23)16-4-3-5-17(20)13(16)2/h3-5,8-11H,6-7H2,1-2H3,(H,22,23)/t19-/m0/s1. The van der Waals surface area contributed by atoms with Crippen LogP contribution in [-0.4, -0.2) is 16.1 Å². The van der Waals surface area contributed by atoms with E-state index in [1.54, 1.807) is 37.5 Å². The molecule has 1 aromatic heterocycles. The van der Waals surface area contributed by atoms with Gasteiger partial charge in [-0.25, -0.2) is 4.39 Å². The maximum absolute atomic E-state index is 13.9. The minimum Gasteiger partial charge on any atom is -0.480 e. The first kappa shape index (κ1) is 15.4. The average Bonchev–Trinajstić information content (AvgIpc) is 2.96. The van der Waals surface area contributed by atoms with E-state index in [4.69, 9.17) is 0 Å². The number of carbonyl (C=O) groups is 1. The molecule has 2 aromatic rings. The smallest absolute Gasteiger partial charge is 0.318 e. The lowest BCUT2D eigenvalue weighted by molar-refractivity contribution is -0.141. The van der Waals surface area contributed by atoms with E-state index in [-0.39, 0.29) is 5.82 Å². The minimum atomic E-state index is -1.18. The number of carboxylic acids is 1. The third-order valence-electron chi connectivity index (χ3n) is 4.59. The molecule has 118 valence electrons. The van der Waals surface area contributed by atoms with Crippen LogP contribution in [0.3, 0.4) is 0 Å². The van der Waals surface area contributed by atoms with Gasteiger partial charge < -0.3 is 5.11 Å². The summed E-state index contributed by atoms with van der Waals surface area (Å²) in [7, 11) is 0. The fourth-order valence-corrected chi connectivity index (χ4v) is 3.32. The predicted octanol–water partition coefficient (Wildman–Crippen LogP) is 4.04.